The SMILES string of the molecule is Fc1cc(NCc2cnc(Cl)s2)ccc1OCC1CCCO1. The van der Waals surface area contributed by atoms with Crippen molar-refractivity contribution in [1.29, 1.82) is 0 Å². The molecular formula is C15H16ClFN2O2S. The summed E-state index contributed by atoms with van der Waals surface area (Å²) in [4.78, 5) is 4.95. The predicted octanol–water partition coefficient (Wildman–Crippen LogP) is 4.11. The molecule has 22 heavy (non-hydrogen) atoms. The van der Waals surface area contributed by atoms with Crippen LogP contribution < -0.4 is 10.1 Å². The summed E-state index contributed by atoms with van der Waals surface area (Å²) in [7, 11) is 0. The fourth-order valence-electron chi connectivity index (χ4n) is 2.24. The normalized spacial score (nSPS) is 17.6. The minimum atomic E-state index is -0.384. The lowest BCUT2D eigenvalue weighted by Crippen LogP contribution is -2.16. The van der Waals surface area contributed by atoms with Crippen LogP contribution in [0.2, 0.25) is 4.47 Å². The maximum Gasteiger partial charge on any atom is 0.183 e. The monoisotopic (exact) mass is 342 g/mol. The number of thiazole rings is 1. The lowest BCUT2D eigenvalue weighted by atomic mass is 10.2. The summed E-state index contributed by atoms with van der Waals surface area (Å²) < 4.78 is 25.5. The van der Waals surface area contributed by atoms with Crippen LogP contribution in [0.3, 0.4) is 0 Å². The fraction of sp³-hybridized carbons (Fsp3) is 0.400. The Morgan fingerprint density at radius 1 is 1.50 bits per heavy atom. The molecule has 7 heteroatoms. The number of benzene rings is 1. The van der Waals surface area contributed by atoms with Crippen molar-refractivity contribution < 1.29 is 13.9 Å². The molecule has 0 amide bonds. The average molecular weight is 343 g/mol. The van der Waals surface area contributed by atoms with Gasteiger partial charge in [-0.3, -0.25) is 0 Å². The van der Waals surface area contributed by atoms with Crippen molar-refractivity contribution in [2.45, 2.75) is 25.5 Å². The van der Waals surface area contributed by atoms with Gasteiger partial charge in [0.2, 0.25) is 0 Å². The van der Waals surface area contributed by atoms with Gasteiger partial charge >= 0.3 is 0 Å². The summed E-state index contributed by atoms with van der Waals surface area (Å²) in [6.45, 7) is 1.71. The molecule has 1 saturated heterocycles. The zero-order valence-electron chi connectivity index (χ0n) is 11.9. The third kappa shape index (κ3) is 4.09. The molecule has 4 nitrogen and oxygen atoms in total. The van der Waals surface area contributed by atoms with Gasteiger partial charge in [0.25, 0.3) is 0 Å². The molecule has 1 aliphatic rings. The second kappa shape index (κ2) is 7.26. The van der Waals surface area contributed by atoms with Crippen LogP contribution in [0.4, 0.5) is 10.1 Å². The van der Waals surface area contributed by atoms with Gasteiger partial charge in [0.15, 0.2) is 16.0 Å². The molecule has 1 aliphatic heterocycles. The van der Waals surface area contributed by atoms with Gasteiger partial charge in [-0.05, 0) is 25.0 Å². The minimum Gasteiger partial charge on any atom is -0.488 e. The highest BCUT2D eigenvalue weighted by molar-refractivity contribution is 7.15. The topological polar surface area (TPSA) is 43.4 Å². The summed E-state index contributed by atoms with van der Waals surface area (Å²) >= 11 is 7.17. The number of hydrogen-bond acceptors (Lipinski definition) is 5. The van der Waals surface area contributed by atoms with Gasteiger partial charge in [0, 0.05) is 29.4 Å². The second-order valence-corrected chi connectivity index (χ2v) is 6.72. The Balaban J connectivity index is 1.54. The molecule has 118 valence electrons. The Kier molecular flexibility index (Phi) is 5.12. The van der Waals surface area contributed by atoms with E-state index in [9.17, 15) is 4.39 Å². The third-order valence-corrected chi connectivity index (χ3v) is 4.49. The first-order chi connectivity index (χ1) is 10.7. The summed E-state index contributed by atoms with van der Waals surface area (Å²) in [6, 6.07) is 4.84. The Labute approximate surface area is 137 Å². The van der Waals surface area contributed by atoms with Gasteiger partial charge in [-0.15, -0.1) is 11.3 Å². The van der Waals surface area contributed by atoms with Crippen LogP contribution in [0.1, 0.15) is 17.7 Å². The number of halogens is 2. The summed E-state index contributed by atoms with van der Waals surface area (Å²) in [6.07, 6.45) is 3.79. The standard InChI is InChI=1S/C15H16ClFN2O2S/c16-15-19-8-12(22-15)7-18-10-3-4-14(13(17)6-10)21-9-11-2-1-5-20-11/h3-4,6,8,11,18H,1-2,5,7,9H2. The van der Waals surface area contributed by atoms with Crippen molar-refractivity contribution in [3.63, 3.8) is 0 Å². The molecule has 1 fully saturated rings. The van der Waals surface area contributed by atoms with Crippen LogP contribution in [0.25, 0.3) is 0 Å². The Morgan fingerprint density at radius 3 is 3.09 bits per heavy atom. The van der Waals surface area contributed by atoms with Crippen molar-refractivity contribution in [2.75, 3.05) is 18.5 Å². The molecule has 2 aromatic rings. The van der Waals surface area contributed by atoms with Crippen LogP contribution in [0.15, 0.2) is 24.4 Å². The zero-order chi connectivity index (χ0) is 15.4. The van der Waals surface area contributed by atoms with E-state index in [4.69, 9.17) is 21.1 Å². The maximum atomic E-state index is 14.0. The molecular weight excluding hydrogens is 327 g/mol. The predicted molar refractivity (Wildman–Crippen MR) is 85.3 cm³/mol. The van der Waals surface area contributed by atoms with E-state index in [0.29, 0.717) is 23.3 Å². The highest BCUT2D eigenvalue weighted by Crippen LogP contribution is 2.24. The Hall–Kier alpha value is -1.37. The molecule has 0 radical (unpaired) electrons. The number of nitrogens with zero attached hydrogens (tertiary/aromatic N) is 1. The van der Waals surface area contributed by atoms with E-state index in [1.807, 2.05) is 0 Å². The number of hydrogen-bond donors (Lipinski definition) is 1. The van der Waals surface area contributed by atoms with Crippen LogP contribution in [-0.2, 0) is 11.3 Å². The third-order valence-electron chi connectivity index (χ3n) is 3.37. The first-order valence-corrected chi connectivity index (χ1v) is 8.28. The van der Waals surface area contributed by atoms with E-state index < -0.39 is 0 Å². The minimum absolute atomic E-state index is 0.0771. The first-order valence-electron chi connectivity index (χ1n) is 7.09. The highest BCUT2D eigenvalue weighted by atomic mass is 35.5. The number of aromatic nitrogens is 1. The molecule has 1 N–H and O–H groups in total. The second-order valence-electron chi connectivity index (χ2n) is 5.02. The molecule has 0 bridgehead atoms. The van der Waals surface area contributed by atoms with E-state index in [2.05, 4.69) is 10.3 Å². The first kappa shape index (κ1) is 15.5. The van der Waals surface area contributed by atoms with E-state index in [1.165, 1.54) is 17.4 Å². The molecule has 1 aromatic heterocycles. The van der Waals surface area contributed by atoms with Gasteiger partial charge in [-0.25, -0.2) is 9.37 Å². The largest absolute Gasteiger partial charge is 0.488 e. The Morgan fingerprint density at radius 2 is 2.41 bits per heavy atom. The number of nitrogens with one attached hydrogen (secondary N) is 1. The molecule has 2 heterocycles. The van der Waals surface area contributed by atoms with E-state index in [1.54, 1.807) is 18.3 Å². The van der Waals surface area contributed by atoms with Crippen LogP contribution in [0, 0.1) is 5.82 Å². The molecule has 1 unspecified atom stereocenters. The summed E-state index contributed by atoms with van der Waals surface area (Å²) in [5, 5.41) is 3.13. The summed E-state index contributed by atoms with van der Waals surface area (Å²) in [5.74, 6) is -0.132. The number of rotatable bonds is 6. The van der Waals surface area contributed by atoms with Crippen LogP contribution >= 0.6 is 22.9 Å². The van der Waals surface area contributed by atoms with Crippen molar-refractivity contribution in [3.8, 4) is 5.75 Å². The quantitative estimate of drug-likeness (QED) is 0.858. The van der Waals surface area contributed by atoms with Crippen molar-refractivity contribution in [1.82, 2.24) is 4.98 Å². The van der Waals surface area contributed by atoms with Crippen molar-refractivity contribution >= 4 is 28.6 Å². The highest BCUT2D eigenvalue weighted by Gasteiger charge is 2.17. The van der Waals surface area contributed by atoms with Gasteiger partial charge in [-0.2, -0.15) is 0 Å². The lowest BCUT2D eigenvalue weighted by molar-refractivity contribution is 0.0666. The molecule has 1 atom stereocenters. The van der Waals surface area contributed by atoms with E-state index >= 15 is 0 Å². The molecule has 0 spiro atoms. The smallest absolute Gasteiger partial charge is 0.183 e. The molecule has 0 saturated carbocycles. The summed E-state index contributed by atoms with van der Waals surface area (Å²) in [5.41, 5.74) is 0.687. The fourth-order valence-corrected chi connectivity index (χ4v) is 3.16. The lowest BCUT2D eigenvalue weighted by Gasteiger charge is -2.13. The maximum absolute atomic E-state index is 14.0. The van der Waals surface area contributed by atoms with Crippen LogP contribution in [-0.4, -0.2) is 24.3 Å². The number of anilines is 1. The van der Waals surface area contributed by atoms with Gasteiger partial charge in [-0.1, -0.05) is 11.6 Å². The van der Waals surface area contributed by atoms with Crippen LogP contribution in [0.5, 0.6) is 5.75 Å². The zero-order valence-corrected chi connectivity index (χ0v) is 13.4. The van der Waals surface area contributed by atoms with Crippen molar-refractivity contribution in [3.05, 3.63) is 39.6 Å². The van der Waals surface area contributed by atoms with E-state index in [-0.39, 0.29) is 17.7 Å². The Bertz CT molecular complexity index is 632. The number of ether oxygens (including phenoxy) is 2. The molecule has 1 aromatic carbocycles. The van der Waals surface area contributed by atoms with Crippen molar-refractivity contribution in [2.24, 2.45) is 0 Å². The molecule has 3 rings (SSSR count). The van der Waals surface area contributed by atoms with Gasteiger partial charge < -0.3 is 14.8 Å². The van der Waals surface area contributed by atoms with Gasteiger partial charge in [0.05, 0.1) is 12.6 Å². The molecule has 0 aliphatic carbocycles. The average Bonchev–Trinajstić information content (AvgIpc) is 3.15. The van der Waals surface area contributed by atoms with E-state index in [0.717, 1.165) is 24.3 Å². The van der Waals surface area contributed by atoms with Gasteiger partial charge in [0.1, 0.15) is 6.61 Å².